The van der Waals surface area contributed by atoms with Crippen molar-refractivity contribution < 1.29 is 19.6 Å². The number of benzene rings is 1. The van der Waals surface area contributed by atoms with Gasteiger partial charge in [-0.1, -0.05) is 6.07 Å². The van der Waals surface area contributed by atoms with Gasteiger partial charge in [-0.05, 0) is 12.1 Å². The minimum Gasteiger partial charge on any atom is -0.465 e. The van der Waals surface area contributed by atoms with Crippen LogP contribution in [0.4, 0.5) is 5.69 Å². The molecule has 0 fully saturated rings. The Hall–Kier alpha value is -1.95. The third kappa shape index (κ3) is 2.10. The van der Waals surface area contributed by atoms with Crippen LogP contribution in [-0.2, 0) is 4.74 Å². The molecule has 6 nitrogen and oxygen atoms in total. The van der Waals surface area contributed by atoms with E-state index in [1.54, 1.807) is 0 Å². The number of carbonyl (C=O) groups excluding carboxylic acids is 1. The maximum atomic E-state index is 11.2. The normalized spacial score (nSPS) is 9.73. The molecule has 1 aromatic carbocycles. The highest BCUT2D eigenvalue weighted by atomic mass is 16.6. The molecule has 0 bridgehead atoms. The molecule has 0 aliphatic heterocycles. The van der Waals surface area contributed by atoms with Crippen LogP contribution in [0, 0.1) is 16.7 Å². The van der Waals surface area contributed by atoms with E-state index in [4.69, 9.17) is 5.11 Å². The van der Waals surface area contributed by atoms with Crippen LogP contribution in [0.25, 0.3) is 0 Å². The van der Waals surface area contributed by atoms with Crippen molar-refractivity contribution in [3.63, 3.8) is 0 Å². The average molecular weight is 210 g/mol. The number of nitro benzene ring substituents is 1. The van der Waals surface area contributed by atoms with E-state index in [0.29, 0.717) is 6.61 Å². The summed E-state index contributed by atoms with van der Waals surface area (Å²) in [6.07, 6.45) is 0. The Kier molecular flexibility index (Phi) is 3.35. The van der Waals surface area contributed by atoms with Crippen molar-refractivity contribution in [1.82, 2.24) is 0 Å². The van der Waals surface area contributed by atoms with Crippen LogP contribution in [0.3, 0.4) is 0 Å². The van der Waals surface area contributed by atoms with Crippen LogP contribution in [0.5, 0.6) is 0 Å². The molecule has 0 saturated carbocycles. The highest BCUT2D eigenvalue weighted by molar-refractivity contribution is 5.94. The van der Waals surface area contributed by atoms with Crippen molar-refractivity contribution in [2.45, 2.75) is 0 Å². The molecule has 1 radical (unpaired) electrons. The van der Waals surface area contributed by atoms with Crippen molar-refractivity contribution in [3.8, 4) is 0 Å². The zero-order valence-electron chi connectivity index (χ0n) is 7.84. The summed E-state index contributed by atoms with van der Waals surface area (Å²) in [7, 11) is 1.13. The van der Waals surface area contributed by atoms with Crippen molar-refractivity contribution in [2.24, 2.45) is 0 Å². The van der Waals surface area contributed by atoms with E-state index in [0.717, 1.165) is 7.11 Å². The Bertz CT molecular complexity index is 401. The van der Waals surface area contributed by atoms with Crippen LogP contribution in [-0.4, -0.2) is 23.1 Å². The first-order valence-corrected chi connectivity index (χ1v) is 3.95. The number of para-hydroxylation sites is 1. The Labute approximate surface area is 85.2 Å². The van der Waals surface area contributed by atoms with Gasteiger partial charge in [0.1, 0.15) is 12.2 Å². The summed E-state index contributed by atoms with van der Waals surface area (Å²) >= 11 is 0. The van der Waals surface area contributed by atoms with Crippen molar-refractivity contribution >= 4 is 11.7 Å². The number of esters is 1. The summed E-state index contributed by atoms with van der Waals surface area (Å²) < 4.78 is 4.39. The van der Waals surface area contributed by atoms with Gasteiger partial charge in [-0.25, -0.2) is 4.79 Å². The summed E-state index contributed by atoms with van der Waals surface area (Å²) in [5.74, 6) is -0.814. The van der Waals surface area contributed by atoms with Crippen LogP contribution in [0.1, 0.15) is 15.9 Å². The summed E-state index contributed by atoms with van der Waals surface area (Å²) in [5, 5.41) is 19.5. The number of hydrogen-bond donors (Lipinski definition) is 1. The fourth-order valence-electron chi connectivity index (χ4n) is 1.14. The predicted molar refractivity (Wildman–Crippen MR) is 49.8 cm³/mol. The second kappa shape index (κ2) is 4.52. The summed E-state index contributed by atoms with van der Waals surface area (Å²) in [6.45, 7) is 0.574. The van der Waals surface area contributed by atoms with Crippen LogP contribution in [0.2, 0.25) is 0 Å². The molecule has 1 rings (SSSR count). The van der Waals surface area contributed by atoms with Gasteiger partial charge in [-0.2, -0.15) is 0 Å². The van der Waals surface area contributed by atoms with Gasteiger partial charge in [0, 0.05) is 0 Å². The fraction of sp³-hybridized carbons (Fsp3) is 0.111. The van der Waals surface area contributed by atoms with Gasteiger partial charge >= 0.3 is 5.97 Å². The summed E-state index contributed by atoms with van der Waals surface area (Å²) in [5.41, 5.74) is -0.694. The van der Waals surface area contributed by atoms with Crippen molar-refractivity contribution in [2.75, 3.05) is 7.11 Å². The van der Waals surface area contributed by atoms with Gasteiger partial charge in [-0.15, -0.1) is 0 Å². The van der Waals surface area contributed by atoms with E-state index >= 15 is 0 Å². The van der Waals surface area contributed by atoms with Gasteiger partial charge in [0.25, 0.3) is 5.69 Å². The monoisotopic (exact) mass is 210 g/mol. The number of aliphatic hydroxyl groups is 1. The second-order valence-corrected chi connectivity index (χ2v) is 2.62. The first-order valence-electron chi connectivity index (χ1n) is 3.95. The molecule has 0 saturated heterocycles. The standard InChI is InChI=1S/C9H8NO5/c1-15-9(12)7-4-2-3-6(5-11)8(7)10(13)14/h2-5,11H,1H3. The second-order valence-electron chi connectivity index (χ2n) is 2.62. The lowest BCUT2D eigenvalue weighted by atomic mass is 10.1. The first kappa shape index (κ1) is 11.1. The lowest BCUT2D eigenvalue weighted by Crippen LogP contribution is -2.07. The molecule has 6 heteroatoms. The van der Waals surface area contributed by atoms with Gasteiger partial charge in [0.05, 0.1) is 17.6 Å². The molecule has 1 aromatic rings. The minimum atomic E-state index is -0.814. The topological polar surface area (TPSA) is 89.7 Å². The van der Waals surface area contributed by atoms with E-state index in [1.165, 1.54) is 18.2 Å². The Balaban J connectivity index is 3.38. The van der Waals surface area contributed by atoms with Gasteiger partial charge in [0.2, 0.25) is 0 Å². The largest absolute Gasteiger partial charge is 0.465 e. The zero-order valence-corrected chi connectivity index (χ0v) is 7.84. The summed E-state index contributed by atoms with van der Waals surface area (Å²) in [6, 6.07) is 4.00. The van der Waals surface area contributed by atoms with E-state index in [-0.39, 0.29) is 11.1 Å². The SMILES string of the molecule is COC(=O)c1cccc([CH]O)c1[N+](=O)[O-]. The Morgan fingerprint density at radius 1 is 1.60 bits per heavy atom. The molecular formula is C9H8NO5. The maximum Gasteiger partial charge on any atom is 0.344 e. The number of aliphatic hydroxyl groups excluding tert-OH is 1. The third-order valence-electron chi connectivity index (χ3n) is 1.79. The molecule has 0 spiro atoms. The molecule has 0 atom stereocenters. The molecule has 1 N–H and O–H groups in total. The molecule has 0 heterocycles. The molecular weight excluding hydrogens is 202 g/mol. The van der Waals surface area contributed by atoms with E-state index in [2.05, 4.69) is 4.74 Å². The van der Waals surface area contributed by atoms with Crippen molar-refractivity contribution in [1.29, 1.82) is 0 Å². The molecule has 79 valence electrons. The number of hydrogen-bond acceptors (Lipinski definition) is 5. The third-order valence-corrected chi connectivity index (χ3v) is 1.79. The molecule has 15 heavy (non-hydrogen) atoms. The number of nitro groups is 1. The number of ether oxygens (including phenoxy) is 1. The number of carbonyl (C=O) groups is 1. The van der Waals surface area contributed by atoms with E-state index in [1.807, 2.05) is 0 Å². The predicted octanol–water partition coefficient (Wildman–Crippen LogP) is 1.26. The lowest BCUT2D eigenvalue weighted by Gasteiger charge is -2.03. The number of methoxy groups -OCH3 is 1. The molecule has 0 unspecified atom stereocenters. The number of nitrogens with zero attached hydrogens (tertiary/aromatic N) is 1. The Morgan fingerprint density at radius 2 is 2.27 bits per heavy atom. The van der Waals surface area contributed by atoms with Crippen molar-refractivity contribution in [3.05, 3.63) is 46.0 Å². The van der Waals surface area contributed by atoms with Crippen LogP contribution in [0.15, 0.2) is 18.2 Å². The zero-order chi connectivity index (χ0) is 11.4. The number of rotatable bonds is 3. The quantitative estimate of drug-likeness (QED) is 0.460. The fourth-order valence-corrected chi connectivity index (χ4v) is 1.14. The minimum absolute atomic E-state index is 0.0390. The highest BCUT2D eigenvalue weighted by Gasteiger charge is 2.24. The summed E-state index contributed by atoms with van der Waals surface area (Å²) in [4.78, 5) is 21.1. The van der Waals surface area contributed by atoms with Gasteiger partial charge in [-0.3, -0.25) is 10.1 Å². The molecule has 0 amide bonds. The van der Waals surface area contributed by atoms with Gasteiger partial charge < -0.3 is 9.84 Å². The van der Waals surface area contributed by atoms with Crippen LogP contribution >= 0.6 is 0 Å². The maximum absolute atomic E-state index is 11.2. The molecule has 0 aliphatic carbocycles. The lowest BCUT2D eigenvalue weighted by molar-refractivity contribution is -0.385. The van der Waals surface area contributed by atoms with Gasteiger partial charge in [0.15, 0.2) is 0 Å². The first-order chi connectivity index (χ1) is 7.11. The molecule has 0 aliphatic rings. The smallest absolute Gasteiger partial charge is 0.344 e. The molecule has 0 aromatic heterocycles. The Morgan fingerprint density at radius 3 is 2.73 bits per heavy atom. The van der Waals surface area contributed by atoms with E-state index in [9.17, 15) is 14.9 Å². The average Bonchev–Trinajstić information content (AvgIpc) is 2.26. The van der Waals surface area contributed by atoms with E-state index < -0.39 is 16.6 Å². The highest BCUT2D eigenvalue weighted by Crippen LogP contribution is 2.24. The van der Waals surface area contributed by atoms with Crippen LogP contribution < -0.4 is 0 Å².